The van der Waals surface area contributed by atoms with E-state index in [1.165, 1.54) is 5.56 Å². The van der Waals surface area contributed by atoms with Gasteiger partial charge >= 0.3 is 0 Å². The normalized spacial score (nSPS) is 10.6. The fraction of sp³-hybridized carbons (Fsp3) is 0.148. The second-order valence-electron chi connectivity index (χ2n) is 7.50. The van der Waals surface area contributed by atoms with Crippen LogP contribution in [-0.2, 0) is 0 Å². The van der Waals surface area contributed by atoms with Gasteiger partial charge in [-0.1, -0.05) is 29.8 Å². The summed E-state index contributed by atoms with van der Waals surface area (Å²) in [5.41, 5.74) is 4.39. The molecule has 1 amide bonds. The van der Waals surface area contributed by atoms with Crippen LogP contribution in [0.3, 0.4) is 0 Å². The van der Waals surface area contributed by atoms with Crippen molar-refractivity contribution < 1.29 is 19.0 Å². The van der Waals surface area contributed by atoms with Crippen molar-refractivity contribution in [3.63, 3.8) is 0 Å². The molecule has 162 valence electrons. The molecule has 4 aromatic rings. The predicted octanol–water partition coefficient (Wildman–Crippen LogP) is 6.09. The van der Waals surface area contributed by atoms with Crippen molar-refractivity contribution in [1.82, 2.24) is 0 Å². The molecule has 0 fully saturated rings. The minimum atomic E-state index is -0.194. The molecule has 0 aromatic heterocycles. The van der Waals surface area contributed by atoms with Crippen LogP contribution in [0.15, 0.2) is 72.8 Å². The molecule has 5 heteroatoms. The number of methoxy groups -OCH3 is 3. The molecule has 0 heterocycles. The Labute approximate surface area is 187 Å². The Morgan fingerprint density at radius 3 is 2.03 bits per heavy atom. The van der Waals surface area contributed by atoms with Crippen molar-refractivity contribution >= 4 is 22.4 Å². The number of hydrogen-bond donors (Lipinski definition) is 1. The minimum absolute atomic E-state index is 0.194. The first-order valence-electron chi connectivity index (χ1n) is 10.2. The van der Waals surface area contributed by atoms with Gasteiger partial charge < -0.3 is 19.5 Å². The summed E-state index contributed by atoms with van der Waals surface area (Å²) in [6.07, 6.45) is 0. The minimum Gasteiger partial charge on any atom is -0.497 e. The second kappa shape index (κ2) is 9.02. The Morgan fingerprint density at radius 2 is 1.41 bits per heavy atom. The number of hydrogen-bond acceptors (Lipinski definition) is 4. The van der Waals surface area contributed by atoms with Crippen LogP contribution in [0.4, 0.5) is 5.69 Å². The second-order valence-corrected chi connectivity index (χ2v) is 7.50. The maximum atomic E-state index is 13.1. The Kier molecular flexibility index (Phi) is 5.99. The first-order chi connectivity index (χ1) is 15.5. The number of nitrogens with one attached hydrogen (secondary N) is 1. The average molecular weight is 428 g/mol. The monoisotopic (exact) mass is 427 g/mol. The van der Waals surface area contributed by atoms with Gasteiger partial charge in [-0.2, -0.15) is 0 Å². The highest BCUT2D eigenvalue weighted by Crippen LogP contribution is 2.38. The number of anilines is 1. The van der Waals surface area contributed by atoms with Crippen molar-refractivity contribution in [2.75, 3.05) is 26.6 Å². The molecular formula is C27H25NO4. The van der Waals surface area contributed by atoms with E-state index in [2.05, 4.69) is 36.5 Å². The number of amides is 1. The lowest BCUT2D eigenvalue weighted by atomic mass is 9.94. The van der Waals surface area contributed by atoms with Gasteiger partial charge in [0.05, 0.1) is 21.3 Å². The lowest BCUT2D eigenvalue weighted by Gasteiger charge is -2.15. The van der Waals surface area contributed by atoms with Gasteiger partial charge in [0.15, 0.2) is 11.5 Å². The van der Waals surface area contributed by atoms with Crippen LogP contribution in [0.5, 0.6) is 17.2 Å². The number of carbonyl (C=O) groups excluding carboxylic acids is 1. The van der Waals surface area contributed by atoms with Crippen molar-refractivity contribution in [3.8, 4) is 28.4 Å². The number of fused-ring (bicyclic) bond motifs is 1. The molecule has 1 N–H and O–H groups in total. The SMILES string of the molecule is COc1ccc(NC(=O)c2cc(-c3ccc(C)cc3)c3cc(OC)c(OC)cc3c2)cc1. The van der Waals surface area contributed by atoms with E-state index < -0.39 is 0 Å². The van der Waals surface area contributed by atoms with E-state index >= 15 is 0 Å². The van der Waals surface area contributed by atoms with Gasteiger partial charge in [0.25, 0.3) is 5.91 Å². The molecule has 5 nitrogen and oxygen atoms in total. The fourth-order valence-electron chi connectivity index (χ4n) is 3.67. The van der Waals surface area contributed by atoms with Crippen LogP contribution in [0.2, 0.25) is 0 Å². The molecule has 0 aliphatic heterocycles. The lowest BCUT2D eigenvalue weighted by Crippen LogP contribution is -2.12. The van der Waals surface area contributed by atoms with E-state index in [1.54, 1.807) is 21.3 Å². The molecule has 4 rings (SSSR count). The standard InChI is InChI=1S/C27H25NO4/c1-17-5-7-18(8-6-17)23-14-20(27(29)28-21-9-11-22(30-2)12-10-21)13-19-15-25(31-3)26(32-4)16-24(19)23/h5-16H,1-4H3,(H,28,29). The predicted molar refractivity (Wildman–Crippen MR) is 128 cm³/mol. The molecule has 0 bridgehead atoms. The summed E-state index contributed by atoms with van der Waals surface area (Å²) >= 11 is 0. The Balaban J connectivity index is 1.83. The number of carbonyl (C=O) groups is 1. The summed E-state index contributed by atoms with van der Waals surface area (Å²) in [5, 5.41) is 4.83. The van der Waals surface area contributed by atoms with Crippen LogP contribution in [0.25, 0.3) is 21.9 Å². The van der Waals surface area contributed by atoms with Crippen molar-refractivity contribution in [3.05, 3.63) is 83.9 Å². The molecular weight excluding hydrogens is 402 g/mol. The highest BCUT2D eigenvalue weighted by molar-refractivity contribution is 6.10. The van der Waals surface area contributed by atoms with E-state index in [0.29, 0.717) is 22.7 Å². The highest BCUT2D eigenvalue weighted by Gasteiger charge is 2.15. The first kappa shape index (κ1) is 21.2. The van der Waals surface area contributed by atoms with Crippen LogP contribution in [0.1, 0.15) is 15.9 Å². The van der Waals surface area contributed by atoms with E-state index in [1.807, 2.05) is 48.5 Å². The maximum absolute atomic E-state index is 13.1. The zero-order chi connectivity index (χ0) is 22.7. The molecule has 0 saturated carbocycles. The van der Waals surface area contributed by atoms with Gasteiger partial charge in [-0.3, -0.25) is 4.79 Å². The van der Waals surface area contributed by atoms with Crippen LogP contribution >= 0.6 is 0 Å². The summed E-state index contributed by atoms with van der Waals surface area (Å²) in [5.74, 6) is 1.79. The van der Waals surface area contributed by atoms with Crippen LogP contribution < -0.4 is 19.5 Å². The molecule has 0 saturated heterocycles. The quantitative estimate of drug-likeness (QED) is 0.404. The Hall–Kier alpha value is -3.99. The summed E-state index contributed by atoms with van der Waals surface area (Å²) in [7, 11) is 4.83. The number of ether oxygens (including phenoxy) is 3. The van der Waals surface area contributed by atoms with Gasteiger partial charge in [0.1, 0.15) is 5.75 Å². The third kappa shape index (κ3) is 4.23. The van der Waals surface area contributed by atoms with Gasteiger partial charge in [-0.25, -0.2) is 0 Å². The number of rotatable bonds is 6. The van der Waals surface area contributed by atoms with Crippen molar-refractivity contribution in [2.45, 2.75) is 6.92 Å². The maximum Gasteiger partial charge on any atom is 0.255 e. The summed E-state index contributed by atoms with van der Waals surface area (Å²) < 4.78 is 16.2. The number of aryl methyl sites for hydroxylation is 1. The van der Waals surface area contributed by atoms with Gasteiger partial charge in [0, 0.05) is 11.3 Å². The van der Waals surface area contributed by atoms with Crippen molar-refractivity contribution in [1.29, 1.82) is 0 Å². The third-order valence-corrected chi connectivity index (χ3v) is 5.43. The fourth-order valence-corrected chi connectivity index (χ4v) is 3.67. The van der Waals surface area contributed by atoms with Crippen LogP contribution in [-0.4, -0.2) is 27.2 Å². The summed E-state index contributed by atoms with van der Waals surface area (Å²) in [6.45, 7) is 2.05. The Bertz CT molecular complexity index is 1260. The third-order valence-electron chi connectivity index (χ3n) is 5.43. The zero-order valence-electron chi connectivity index (χ0n) is 18.6. The van der Waals surface area contributed by atoms with Gasteiger partial charge in [-0.15, -0.1) is 0 Å². The zero-order valence-corrected chi connectivity index (χ0v) is 18.6. The van der Waals surface area contributed by atoms with Gasteiger partial charge in [0.2, 0.25) is 0 Å². The molecule has 32 heavy (non-hydrogen) atoms. The molecule has 4 aromatic carbocycles. The van der Waals surface area contributed by atoms with E-state index in [0.717, 1.165) is 27.6 Å². The molecule has 0 radical (unpaired) electrons. The average Bonchev–Trinajstić information content (AvgIpc) is 2.83. The lowest BCUT2D eigenvalue weighted by molar-refractivity contribution is 0.102. The number of benzene rings is 4. The van der Waals surface area contributed by atoms with E-state index in [9.17, 15) is 4.79 Å². The van der Waals surface area contributed by atoms with Crippen LogP contribution in [0, 0.1) is 6.92 Å². The van der Waals surface area contributed by atoms with E-state index in [-0.39, 0.29) is 5.91 Å². The highest BCUT2D eigenvalue weighted by atomic mass is 16.5. The molecule has 0 aliphatic rings. The smallest absolute Gasteiger partial charge is 0.255 e. The summed E-state index contributed by atoms with van der Waals surface area (Å²) in [6, 6.07) is 23.1. The molecule has 0 aliphatic carbocycles. The summed E-state index contributed by atoms with van der Waals surface area (Å²) in [4.78, 5) is 13.1. The molecule has 0 spiro atoms. The first-order valence-corrected chi connectivity index (χ1v) is 10.2. The van der Waals surface area contributed by atoms with Gasteiger partial charge in [-0.05, 0) is 77.4 Å². The Morgan fingerprint density at radius 1 is 0.750 bits per heavy atom. The van der Waals surface area contributed by atoms with Crippen molar-refractivity contribution in [2.24, 2.45) is 0 Å². The molecule has 0 atom stereocenters. The molecule has 0 unspecified atom stereocenters. The van der Waals surface area contributed by atoms with E-state index in [4.69, 9.17) is 14.2 Å². The topological polar surface area (TPSA) is 56.8 Å². The largest absolute Gasteiger partial charge is 0.497 e.